The molecule has 1 aliphatic carbocycles. The molecule has 0 spiro atoms. The van der Waals surface area contributed by atoms with Gasteiger partial charge < -0.3 is 10.1 Å². The van der Waals surface area contributed by atoms with Gasteiger partial charge in [-0.05, 0) is 47.4 Å². The number of hydrogen-bond donors (Lipinski definition) is 1. The van der Waals surface area contributed by atoms with Crippen LogP contribution in [0.2, 0.25) is 5.02 Å². The Balaban J connectivity index is 1.35. The number of nitrogens with one attached hydrogen (secondary N) is 1. The van der Waals surface area contributed by atoms with E-state index in [1.54, 1.807) is 18.2 Å². The summed E-state index contributed by atoms with van der Waals surface area (Å²) in [6.07, 6.45) is -0.517. The van der Waals surface area contributed by atoms with Gasteiger partial charge in [0, 0.05) is 17.0 Å². The fraction of sp³-hybridized carbons (Fsp3) is 0.154. The van der Waals surface area contributed by atoms with Crippen LogP contribution in [0, 0.1) is 11.8 Å². The Kier molecular flexibility index (Phi) is 6.06. The van der Waals surface area contributed by atoms with E-state index in [1.807, 2.05) is 24.3 Å². The molecule has 4 rings (SSSR count). The van der Waals surface area contributed by atoms with Crippen LogP contribution in [0.25, 0.3) is 11.1 Å². The van der Waals surface area contributed by atoms with Gasteiger partial charge in [-0.15, -0.1) is 0 Å². The van der Waals surface area contributed by atoms with Gasteiger partial charge in [-0.2, -0.15) is 0 Å². The first kappa shape index (κ1) is 20.7. The number of ketones is 1. The van der Waals surface area contributed by atoms with Crippen LogP contribution in [0.1, 0.15) is 39.9 Å². The fourth-order valence-corrected chi connectivity index (χ4v) is 4.04. The molecule has 0 radical (unpaired) electrons. The lowest BCUT2D eigenvalue weighted by atomic mass is 9.98. The number of halogens is 1. The van der Waals surface area contributed by atoms with Crippen molar-refractivity contribution >= 4 is 23.5 Å². The summed E-state index contributed by atoms with van der Waals surface area (Å²) in [7, 11) is 0. The summed E-state index contributed by atoms with van der Waals surface area (Å²) < 4.78 is 5.48. The summed E-state index contributed by atoms with van der Waals surface area (Å²) >= 11 is 6.00. The number of rotatable bonds is 4. The number of hydrogen-bond acceptors (Lipinski definition) is 3. The maximum atomic E-state index is 12.2. The highest BCUT2D eigenvalue weighted by Gasteiger charge is 2.28. The number of benzene rings is 3. The summed E-state index contributed by atoms with van der Waals surface area (Å²) in [5.41, 5.74) is 5.79. The van der Waals surface area contributed by atoms with Crippen LogP contribution in [0.4, 0.5) is 4.79 Å². The molecule has 0 fully saturated rings. The predicted octanol–water partition coefficient (Wildman–Crippen LogP) is 5.43. The molecule has 0 bridgehead atoms. The summed E-state index contributed by atoms with van der Waals surface area (Å²) in [4.78, 5) is 23.7. The van der Waals surface area contributed by atoms with Crippen molar-refractivity contribution in [2.75, 3.05) is 13.2 Å². The highest BCUT2D eigenvalue weighted by Crippen LogP contribution is 2.44. The number of carbonyl (C=O) groups excluding carboxylic acids is 2. The highest BCUT2D eigenvalue weighted by atomic mass is 35.5. The van der Waals surface area contributed by atoms with E-state index in [1.165, 1.54) is 29.2 Å². The molecule has 1 N–H and O–H groups in total. The van der Waals surface area contributed by atoms with Gasteiger partial charge in [0.2, 0.25) is 0 Å². The minimum atomic E-state index is -0.517. The normalized spacial score (nSPS) is 11.7. The lowest BCUT2D eigenvalue weighted by Crippen LogP contribution is -2.26. The third-order valence-corrected chi connectivity index (χ3v) is 5.57. The fourth-order valence-electron chi connectivity index (χ4n) is 3.78. The summed E-state index contributed by atoms with van der Waals surface area (Å²) in [6.45, 7) is 1.85. The molecule has 0 atom stereocenters. The van der Waals surface area contributed by atoms with Crippen molar-refractivity contribution in [2.45, 2.75) is 12.8 Å². The lowest BCUT2D eigenvalue weighted by Gasteiger charge is -2.14. The number of Topliss-reactive ketones (excluding diaryl/α,β-unsaturated/α-hetero) is 1. The minimum absolute atomic E-state index is 0.0169. The molecular weight excluding hydrogens is 410 g/mol. The number of fused-ring (bicyclic) bond motifs is 3. The number of carbonyl (C=O) groups is 2. The molecule has 0 unspecified atom stereocenters. The van der Waals surface area contributed by atoms with Gasteiger partial charge in [-0.3, -0.25) is 4.79 Å². The van der Waals surface area contributed by atoms with E-state index >= 15 is 0 Å². The second-order valence-electron chi connectivity index (χ2n) is 7.23. The van der Waals surface area contributed by atoms with Crippen molar-refractivity contribution in [3.63, 3.8) is 0 Å². The largest absolute Gasteiger partial charge is 0.449 e. The predicted molar refractivity (Wildman–Crippen MR) is 121 cm³/mol. The van der Waals surface area contributed by atoms with E-state index in [4.69, 9.17) is 16.3 Å². The second-order valence-corrected chi connectivity index (χ2v) is 7.64. The Labute approximate surface area is 186 Å². The van der Waals surface area contributed by atoms with Crippen molar-refractivity contribution in [2.24, 2.45) is 0 Å². The summed E-state index contributed by atoms with van der Waals surface area (Å²) in [6, 6.07) is 21.4. The third kappa shape index (κ3) is 4.47. The highest BCUT2D eigenvalue weighted by molar-refractivity contribution is 6.33. The quantitative estimate of drug-likeness (QED) is 0.444. The van der Waals surface area contributed by atoms with E-state index in [0.29, 0.717) is 16.1 Å². The van der Waals surface area contributed by atoms with Gasteiger partial charge in [0.1, 0.15) is 6.61 Å². The Bertz CT molecular complexity index is 1180. The molecule has 0 saturated carbocycles. The third-order valence-electron chi connectivity index (χ3n) is 5.24. The molecule has 3 aromatic carbocycles. The average molecular weight is 430 g/mol. The Morgan fingerprint density at radius 3 is 2.29 bits per heavy atom. The zero-order valence-corrected chi connectivity index (χ0v) is 17.7. The maximum absolute atomic E-state index is 12.2. The van der Waals surface area contributed by atoms with E-state index in [9.17, 15) is 9.59 Å². The van der Waals surface area contributed by atoms with Crippen LogP contribution < -0.4 is 5.32 Å². The summed E-state index contributed by atoms with van der Waals surface area (Å²) in [5, 5.41) is 3.04. The first-order valence-corrected chi connectivity index (χ1v) is 10.3. The van der Waals surface area contributed by atoms with E-state index in [2.05, 4.69) is 41.4 Å². The van der Waals surface area contributed by atoms with Gasteiger partial charge >= 0.3 is 6.09 Å². The Morgan fingerprint density at radius 1 is 1.00 bits per heavy atom. The lowest BCUT2D eigenvalue weighted by molar-refractivity contribution is 0.101. The van der Waals surface area contributed by atoms with Crippen LogP contribution in [-0.4, -0.2) is 25.0 Å². The van der Waals surface area contributed by atoms with Crippen LogP contribution in [0.15, 0.2) is 66.7 Å². The number of amides is 1. The molecule has 0 heterocycles. The minimum Gasteiger partial charge on any atom is -0.449 e. The zero-order valence-electron chi connectivity index (χ0n) is 16.9. The zero-order chi connectivity index (χ0) is 21.8. The molecule has 5 heteroatoms. The monoisotopic (exact) mass is 429 g/mol. The van der Waals surface area contributed by atoms with Gasteiger partial charge in [0.05, 0.1) is 11.6 Å². The van der Waals surface area contributed by atoms with Crippen molar-refractivity contribution in [3.8, 4) is 23.0 Å². The smallest absolute Gasteiger partial charge is 0.407 e. The summed E-state index contributed by atoms with van der Waals surface area (Å²) in [5.74, 6) is 5.67. The van der Waals surface area contributed by atoms with Gasteiger partial charge in [-0.25, -0.2) is 4.79 Å². The molecular formula is C26H20ClNO3. The first-order valence-electron chi connectivity index (χ1n) is 9.93. The molecule has 0 saturated heterocycles. The van der Waals surface area contributed by atoms with Crippen LogP contribution in [0.5, 0.6) is 0 Å². The molecule has 1 aliphatic rings. The van der Waals surface area contributed by atoms with Gasteiger partial charge in [0.25, 0.3) is 0 Å². The molecule has 4 nitrogen and oxygen atoms in total. The van der Waals surface area contributed by atoms with Gasteiger partial charge in [0.15, 0.2) is 5.78 Å². The molecule has 1 amide bonds. The SMILES string of the molecule is CC(=O)c1cc(C#CCNC(=O)OCC2c3ccccc3-c3ccccc32)ccc1Cl. The van der Waals surface area contributed by atoms with Crippen molar-refractivity contribution in [3.05, 3.63) is 94.0 Å². The molecule has 0 aromatic heterocycles. The van der Waals surface area contributed by atoms with E-state index < -0.39 is 6.09 Å². The maximum Gasteiger partial charge on any atom is 0.407 e. The average Bonchev–Trinajstić information content (AvgIpc) is 3.10. The van der Waals surface area contributed by atoms with Crippen LogP contribution in [0.3, 0.4) is 0 Å². The topological polar surface area (TPSA) is 55.4 Å². The first-order chi connectivity index (χ1) is 15.0. The van der Waals surface area contributed by atoms with Gasteiger partial charge in [-0.1, -0.05) is 72.0 Å². The molecule has 3 aromatic rings. The molecule has 31 heavy (non-hydrogen) atoms. The molecule has 0 aliphatic heterocycles. The molecule has 154 valence electrons. The van der Waals surface area contributed by atoms with E-state index in [0.717, 1.165) is 0 Å². The van der Waals surface area contributed by atoms with Crippen molar-refractivity contribution in [1.82, 2.24) is 5.32 Å². The number of ether oxygens (including phenoxy) is 1. The van der Waals surface area contributed by atoms with Crippen molar-refractivity contribution in [1.29, 1.82) is 0 Å². The number of alkyl carbamates (subject to hydrolysis) is 1. The van der Waals surface area contributed by atoms with Crippen LogP contribution >= 0.6 is 11.6 Å². The van der Waals surface area contributed by atoms with Crippen LogP contribution in [-0.2, 0) is 4.74 Å². The van der Waals surface area contributed by atoms with E-state index in [-0.39, 0.29) is 24.9 Å². The second kappa shape index (κ2) is 9.07. The Hall–Kier alpha value is -3.55. The standard InChI is InChI=1S/C26H20ClNO3/c1-17(29)23-15-18(12-13-25(23)27)7-6-14-28-26(30)31-16-24-21-10-4-2-8-19(21)20-9-3-5-11-22(20)24/h2-5,8-13,15,24H,14,16H2,1H3,(H,28,30). The van der Waals surface area contributed by atoms with Crippen molar-refractivity contribution < 1.29 is 14.3 Å². The Morgan fingerprint density at radius 2 is 1.65 bits per heavy atom.